The maximum Gasteiger partial charge on any atom is 0.254 e. The van der Waals surface area contributed by atoms with Crippen LogP contribution < -0.4 is 10.1 Å². The first-order valence-corrected chi connectivity index (χ1v) is 8.44. The predicted octanol–water partition coefficient (Wildman–Crippen LogP) is 2.70. The molecule has 1 atom stereocenters. The molecule has 0 spiro atoms. The fourth-order valence-electron chi connectivity index (χ4n) is 2.26. The summed E-state index contributed by atoms with van der Waals surface area (Å²) in [4.78, 5) is 12.2. The number of carbonyl (C=O) groups is 1. The first-order valence-electron chi connectivity index (χ1n) is 8.06. The van der Waals surface area contributed by atoms with E-state index < -0.39 is 6.10 Å². The minimum atomic E-state index is -0.814. The number of aliphatic hydroxyl groups excluding tert-OH is 1. The summed E-state index contributed by atoms with van der Waals surface area (Å²) in [6.45, 7) is 0.173. The third-order valence-electron chi connectivity index (χ3n) is 3.62. The molecule has 134 valence electrons. The number of nitrogens with one attached hydrogen (secondary N) is 1. The van der Waals surface area contributed by atoms with Gasteiger partial charge in [0.05, 0.1) is 17.4 Å². The molecule has 1 heterocycles. The molecule has 0 aliphatic rings. The van der Waals surface area contributed by atoms with Gasteiger partial charge in [-0.15, -0.1) is 0 Å². The molecule has 26 heavy (non-hydrogen) atoms. The summed E-state index contributed by atoms with van der Waals surface area (Å²) in [5.41, 5.74) is 1.20. The highest BCUT2D eigenvalue weighted by atomic mass is 35.5. The quantitative estimate of drug-likeness (QED) is 0.669. The van der Waals surface area contributed by atoms with E-state index >= 15 is 0 Å². The van der Waals surface area contributed by atoms with Crippen molar-refractivity contribution in [3.05, 3.63) is 77.6 Å². The molecule has 7 heteroatoms. The molecule has 0 fully saturated rings. The van der Waals surface area contributed by atoms with Gasteiger partial charge in [-0.2, -0.15) is 5.10 Å². The lowest BCUT2D eigenvalue weighted by atomic mass is 10.3. The molecular weight excluding hydrogens is 354 g/mol. The maximum absolute atomic E-state index is 12.2. The van der Waals surface area contributed by atoms with E-state index in [4.69, 9.17) is 16.3 Å². The third-order valence-corrected chi connectivity index (χ3v) is 3.87. The van der Waals surface area contributed by atoms with Crippen LogP contribution in [-0.2, 0) is 0 Å². The van der Waals surface area contributed by atoms with Crippen LogP contribution in [0.4, 0.5) is 0 Å². The van der Waals surface area contributed by atoms with Gasteiger partial charge < -0.3 is 15.2 Å². The van der Waals surface area contributed by atoms with Crippen LogP contribution in [0.25, 0.3) is 5.69 Å². The number of benzene rings is 2. The zero-order chi connectivity index (χ0) is 18.4. The van der Waals surface area contributed by atoms with E-state index in [1.165, 1.54) is 6.20 Å². The first-order chi connectivity index (χ1) is 12.6. The molecule has 3 aromatic rings. The number of hydrogen-bond donors (Lipinski definition) is 2. The van der Waals surface area contributed by atoms with Crippen molar-refractivity contribution in [3.63, 3.8) is 0 Å². The number of rotatable bonds is 7. The monoisotopic (exact) mass is 371 g/mol. The molecule has 6 nitrogen and oxygen atoms in total. The van der Waals surface area contributed by atoms with Crippen molar-refractivity contribution < 1.29 is 14.6 Å². The van der Waals surface area contributed by atoms with Crippen LogP contribution in [0.15, 0.2) is 67.0 Å². The van der Waals surface area contributed by atoms with E-state index in [1.54, 1.807) is 35.1 Å². The molecular formula is C19H18ClN3O3. The van der Waals surface area contributed by atoms with Gasteiger partial charge in [-0.05, 0) is 36.4 Å². The Morgan fingerprint density at radius 2 is 1.92 bits per heavy atom. The normalized spacial score (nSPS) is 11.8. The topological polar surface area (TPSA) is 76.4 Å². The Hall–Kier alpha value is -2.83. The lowest BCUT2D eigenvalue weighted by Gasteiger charge is -2.12. The molecule has 1 unspecified atom stereocenters. The highest BCUT2D eigenvalue weighted by molar-refractivity contribution is 6.30. The van der Waals surface area contributed by atoms with Crippen LogP contribution in [0.5, 0.6) is 5.75 Å². The highest BCUT2D eigenvalue weighted by Gasteiger charge is 2.12. The SMILES string of the molecule is O=C(NCC(O)COc1ccccc1)c1cnn(-c2ccc(Cl)cc2)c1. The van der Waals surface area contributed by atoms with E-state index in [-0.39, 0.29) is 19.1 Å². The van der Waals surface area contributed by atoms with Gasteiger partial charge in [-0.25, -0.2) is 4.68 Å². The molecule has 3 rings (SSSR count). The Labute approximate surface area is 156 Å². The maximum atomic E-state index is 12.2. The third kappa shape index (κ3) is 4.84. The van der Waals surface area contributed by atoms with Crippen molar-refractivity contribution in [1.29, 1.82) is 0 Å². The second-order valence-electron chi connectivity index (χ2n) is 5.64. The molecule has 0 aliphatic carbocycles. The fraction of sp³-hybridized carbons (Fsp3) is 0.158. The number of halogens is 1. The number of nitrogens with zero attached hydrogens (tertiary/aromatic N) is 2. The van der Waals surface area contributed by atoms with E-state index in [0.29, 0.717) is 16.3 Å². The summed E-state index contributed by atoms with van der Waals surface area (Å²) >= 11 is 5.86. The Balaban J connectivity index is 1.49. The van der Waals surface area contributed by atoms with E-state index in [0.717, 1.165) is 5.69 Å². The number of amides is 1. The zero-order valence-corrected chi connectivity index (χ0v) is 14.6. The predicted molar refractivity (Wildman–Crippen MR) is 98.9 cm³/mol. The first kappa shape index (κ1) is 18.0. The van der Waals surface area contributed by atoms with Crippen LogP contribution in [0, 0.1) is 0 Å². The Bertz CT molecular complexity index is 850. The average molecular weight is 372 g/mol. The minimum absolute atomic E-state index is 0.0811. The number of ether oxygens (including phenoxy) is 1. The van der Waals surface area contributed by atoms with Crippen LogP contribution in [-0.4, -0.2) is 40.0 Å². The van der Waals surface area contributed by atoms with Gasteiger partial charge in [-0.1, -0.05) is 29.8 Å². The number of aliphatic hydroxyl groups is 1. The highest BCUT2D eigenvalue weighted by Crippen LogP contribution is 2.13. The molecule has 1 aromatic heterocycles. The van der Waals surface area contributed by atoms with E-state index in [2.05, 4.69) is 10.4 Å². The van der Waals surface area contributed by atoms with Crippen LogP contribution in [0.3, 0.4) is 0 Å². The van der Waals surface area contributed by atoms with Crippen LogP contribution in [0.2, 0.25) is 5.02 Å². The van der Waals surface area contributed by atoms with Crippen molar-refractivity contribution in [2.75, 3.05) is 13.2 Å². The largest absolute Gasteiger partial charge is 0.491 e. The van der Waals surface area contributed by atoms with E-state index in [1.807, 2.05) is 30.3 Å². The number of aromatic nitrogens is 2. The van der Waals surface area contributed by atoms with Gasteiger partial charge in [0.2, 0.25) is 0 Å². The second-order valence-corrected chi connectivity index (χ2v) is 6.07. The number of para-hydroxylation sites is 1. The molecule has 0 saturated heterocycles. The zero-order valence-electron chi connectivity index (χ0n) is 13.9. The molecule has 0 aliphatic heterocycles. The molecule has 0 saturated carbocycles. The Morgan fingerprint density at radius 3 is 2.65 bits per heavy atom. The molecule has 0 radical (unpaired) electrons. The molecule has 1 amide bonds. The van der Waals surface area contributed by atoms with Gasteiger partial charge in [0.25, 0.3) is 5.91 Å². The van der Waals surface area contributed by atoms with Gasteiger partial charge in [0.15, 0.2) is 0 Å². The van der Waals surface area contributed by atoms with Gasteiger partial charge in [0.1, 0.15) is 18.5 Å². The Kier molecular flexibility index (Phi) is 5.88. The van der Waals surface area contributed by atoms with Crippen LogP contribution >= 0.6 is 11.6 Å². The number of hydrogen-bond acceptors (Lipinski definition) is 4. The van der Waals surface area contributed by atoms with Crippen molar-refractivity contribution in [2.24, 2.45) is 0 Å². The molecule has 0 bridgehead atoms. The lowest BCUT2D eigenvalue weighted by molar-refractivity contribution is 0.0843. The van der Waals surface area contributed by atoms with Crippen molar-refractivity contribution in [1.82, 2.24) is 15.1 Å². The van der Waals surface area contributed by atoms with E-state index in [9.17, 15) is 9.90 Å². The standard InChI is InChI=1S/C19H18ClN3O3/c20-15-6-8-16(9-7-15)23-12-14(10-22-23)19(25)21-11-17(24)13-26-18-4-2-1-3-5-18/h1-10,12,17,24H,11,13H2,(H,21,25). The van der Waals surface area contributed by atoms with Crippen LogP contribution in [0.1, 0.15) is 10.4 Å². The average Bonchev–Trinajstić information content (AvgIpc) is 3.16. The van der Waals surface area contributed by atoms with Crippen molar-refractivity contribution in [2.45, 2.75) is 6.10 Å². The second kappa shape index (κ2) is 8.51. The van der Waals surface area contributed by atoms with Gasteiger partial charge in [0, 0.05) is 17.8 Å². The summed E-state index contributed by atoms with van der Waals surface area (Å²) in [6.07, 6.45) is 2.27. The lowest BCUT2D eigenvalue weighted by Crippen LogP contribution is -2.35. The van der Waals surface area contributed by atoms with Crippen molar-refractivity contribution >= 4 is 17.5 Å². The smallest absolute Gasteiger partial charge is 0.254 e. The summed E-state index contributed by atoms with van der Waals surface area (Å²) in [5.74, 6) is 0.353. The summed E-state index contributed by atoms with van der Waals surface area (Å²) in [7, 11) is 0. The number of carbonyl (C=O) groups excluding carboxylic acids is 1. The summed E-state index contributed by atoms with van der Waals surface area (Å²) in [6, 6.07) is 16.3. The minimum Gasteiger partial charge on any atom is -0.491 e. The Morgan fingerprint density at radius 1 is 1.19 bits per heavy atom. The molecule has 2 aromatic carbocycles. The molecule has 2 N–H and O–H groups in total. The summed E-state index contributed by atoms with van der Waals surface area (Å²) in [5, 5.41) is 17.4. The van der Waals surface area contributed by atoms with Gasteiger partial charge >= 0.3 is 0 Å². The fourth-order valence-corrected chi connectivity index (χ4v) is 2.38. The van der Waals surface area contributed by atoms with Crippen molar-refractivity contribution in [3.8, 4) is 11.4 Å². The van der Waals surface area contributed by atoms with Gasteiger partial charge in [-0.3, -0.25) is 4.79 Å². The summed E-state index contributed by atoms with van der Waals surface area (Å²) < 4.78 is 7.03.